The molecule has 0 unspecified atom stereocenters. The second kappa shape index (κ2) is 8.10. The SMILES string of the molecule is C=C(CCOC(=O)CCS(=O)(=O)CCCl)C(=O)O. The summed E-state index contributed by atoms with van der Waals surface area (Å²) in [6, 6.07) is 0. The van der Waals surface area contributed by atoms with E-state index in [4.69, 9.17) is 16.7 Å². The number of alkyl halides is 1. The van der Waals surface area contributed by atoms with Gasteiger partial charge in [0.1, 0.15) is 0 Å². The zero-order valence-corrected chi connectivity index (χ0v) is 11.3. The molecule has 0 aliphatic carbocycles. The van der Waals surface area contributed by atoms with Crippen LogP contribution in [0.5, 0.6) is 0 Å². The number of carbonyl (C=O) groups is 2. The van der Waals surface area contributed by atoms with E-state index >= 15 is 0 Å². The minimum Gasteiger partial charge on any atom is -0.478 e. The highest BCUT2D eigenvalue weighted by molar-refractivity contribution is 7.91. The van der Waals surface area contributed by atoms with E-state index < -0.39 is 21.8 Å². The lowest BCUT2D eigenvalue weighted by Gasteiger charge is -2.05. The van der Waals surface area contributed by atoms with Gasteiger partial charge in [0.2, 0.25) is 0 Å². The topological polar surface area (TPSA) is 97.7 Å². The van der Waals surface area contributed by atoms with E-state index in [-0.39, 0.29) is 42.4 Å². The molecule has 0 heterocycles. The van der Waals surface area contributed by atoms with Gasteiger partial charge in [0, 0.05) is 17.9 Å². The van der Waals surface area contributed by atoms with Crippen LogP contribution in [-0.2, 0) is 24.2 Å². The molecular weight excluding hydrogens is 284 g/mol. The molecule has 0 aliphatic heterocycles. The number of carbonyl (C=O) groups excluding carboxylic acids is 1. The maximum atomic E-state index is 11.2. The fourth-order valence-corrected chi connectivity index (χ4v) is 2.55. The predicted molar refractivity (Wildman–Crippen MR) is 66.3 cm³/mol. The molecule has 6 nitrogen and oxygen atoms in total. The number of sulfone groups is 1. The first-order valence-corrected chi connectivity index (χ1v) is 7.47. The van der Waals surface area contributed by atoms with Gasteiger partial charge in [0.25, 0.3) is 0 Å². The van der Waals surface area contributed by atoms with Gasteiger partial charge in [-0.3, -0.25) is 4.79 Å². The molecule has 104 valence electrons. The lowest BCUT2D eigenvalue weighted by Crippen LogP contribution is -2.17. The van der Waals surface area contributed by atoms with Crippen molar-refractivity contribution >= 4 is 33.4 Å². The number of ether oxygens (including phenoxy) is 1. The van der Waals surface area contributed by atoms with Crippen molar-refractivity contribution in [1.29, 1.82) is 0 Å². The van der Waals surface area contributed by atoms with Crippen LogP contribution < -0.4 is 0 Å². The maximum absolute atomic E-state index is 11.2. The van der Waals surface area contributed by atoms with E-state index in [9.17, 15) is 18.0 Å². The van der Waals surface area contributed by atoms with E-state index in [0.717, 1.165) is 0 Å². The Balaban J connectivity index is 3.86. The Morgan fingerprint density at radius 1 is 1.22 bits per heavy atom. The van der Waals surface area contributed by atoms with Gasteiger partial charge in [-0.2, -0.15) is 0 Å². The molecule has 1 N–H and O–H groups in total. The Labute approximate surface area is 110 Å². The first-order valence-electron chi connectivity index (χ1n) is 5.11. The Kier molecular flexibility index (Phi) is 7.61. The predicted octanol–water partition coefficient (Wildman–Crippen LogP) is 0.604. The minimum atomic E-state index is -3.33. The summed E-state index contributed by atoms with van der Waals surface area (Å²) in [6.07, 6.45) is -0.256. The number of hydrogen-bond acceptors (Lipinski definition) is 5. The number of carboxylic acid groups (broad SMARTS) is 1. The lowest BCUT2D eigenvalue weighted by molar-refractivity contribution is -0.143. The molecule has 0 radical (unpaired) electrons. The van der Waals surface area contributed by atoms with E-state index in [0.29, 0.717) is 0 Å². The molecule has 0 saturated heterocycles. The zero-order chi connectivity index (χ0) is 14.2. The highest BCUT2D eigenvalue weighted by Crippen LogP contribution is 2.01. The summed E-state index contributed by atoms with van der Waals surface area (Å²) in [5.74, 6) is -2.37. The number of halogens is 1. The Morgan fingerprint density at radius 3 is 2.33 bits per heavy atom. The van der Waals surface area contributed by atoms with Crippen molar-refractivity contribution in [3.05, 3.63) is 12.2 Å². The molecule has 0 amide bonds. The van der Waals surface area contributed by atoms with Gasteiger partial charge in [0.05, 0.1) is 24.5 Å². The van der Waals surface area contributed by atoms with Crippen molar-refractivity contribution in [2.45, 2.75) is 12.8 Å². The van der Waals surface area contributed by atoms with Crippen LogP contribution in [0, 0.1) is 0 Å². The first-order chi connectivity index (χ1) is 8.28. The minimum absolute atomic E-state index is 0.00943. The zero-order valence-electron chi connectivity index (χ0n) is 9.72. The van der Waals surface area contributed by atoms with Gasteiger partial charge >= 0.3 is 11.9 Å². The van der Waals surface area contributed by atoms with Crippen LogP contribution in [0.2, 0.25) is 0 Å². The summed E-state index contributed by atoms with van der Waals surface area (Å²) in [5.41, 5.74) is -0.0717. The number of carboxylic acids is 1. The number of esters is 1. The molecule has 0 aliphatic rings. The molecule has 0 bridgehead atoms. The van der Waals surface area contributed by atoms with Crippen LogP contribution in [-0.4, -0.2) is 49.5 Å². The Bertz CT molecular complexity index is 414. The normalized spacial score (nSPS) is 10.9. The smallest absolute Gasteiger partial charge is 0.331 e. The van der Waals surface area contributed by atoms with Crippen molar-refractivity contribution in [2.24, 2.45) is 0 Å². The average molecular weight is 299 g/mol. The van der Waals surface area contributed by atoms with E-state index in [1.54, 1.807) is 0 Å². The van der Waals surface area contributed by atoms with Crippen LogP contribution in [0.15, 0.2) is 12.2 Å². The van der Waals surface area contributed by atoms with Gasteiger partial charge in [-0.15, -0.1) is 11.6 Å². The van der Waals surface area contributed by atoms with Crippen LogP contribution in [0.25, 0.3) is 0 Å². The van der Waals surface area contributed by atoms with Gasteiger partial charge < -0.3 is 9.84 Å². The molecule has 0 aromatic rings. The van der Waals surface area contributed by atoms with Gasteiger partial charge in [-0.25, -0.2) is 13.2 Å². The van der Waals surface area contributed by atoms with E-state index in [2.05, 4.69) is 11.3 Å². The molecular formula is C10H15ClO6S. The Morgan fingerprint density at radius 2 is 1.83 bits per heavy atom. The molecule has 18 heavy (non-hydrogen) atoms. The van der Waals surface area contributed by atoms with Crippen molar-refractivity contribution in [1.82, 2.24) is 0 Å². The number of rotatable bonds is 9. The van der Waals surface area contributed by atoms with Crippen LogP contribution in [0.4, 0.5) is 0 Å². The summed E-state index contributed by atoms with van der Waals surface area (Å²) in [6.45, 7) is 3.13. The lowest BCUT2D eigenvalue weighted by atomic mass is 10.2. The van der Waals surface area contributed by atoms with Gasteiger partial charge in [0.15, 0.2) is 9.84 Å². The third-order valence-corrected chi connectivity index (χ3v) is 4.04. The van der Waals surface area contributed by atoms with Crippen molar-refractivity contribution < 1.29 is 27.9 Å². The summed E-state index contributed by atoms with van der Waals surface area (Å²) >= 11 is 5.29. The highest BCUT2D eigenvalue weighted by atomic mass is 35.5. The molecule has 0 saturated carbocycles. The third-order valence-electron chi connectivity index (χ3n) is 1.97. The third kappa shape index (κ3) is 8.08. The summed E-state index contributed by atoms with van der Waals surface area (Å²) in [7, 11) is -3.33. The second-order valence-electron chi connectivity index (χ2n) is 3.47. The molecule has 0 aromatic heterocycles. The van der Waals surface area contributed by atoms with Crippen LogP contribution in [0.3, 0.4) is 0 Å². The standard InChI is InChI=1S/C10H15ClO6S/c1-8(10(13)14)2-5-17-9(12)3-6-18(15,16)7-4-11/h1-7H2,(H,13,14). The summed E-state index contributed by atoms with van der Waals surface area (Å²) in [5, 5.41) is 8.48. The second-order valence-corrected chi connectivity index (χ2v) is 6.15. The first kappa shape index (κ1) is 16.9. The quantitative estimate of drug-likeness (QED) is 0.380. The fraction of sp³-hybridized carbons (Fsp3) is 0.600. The molecule has 0 atom stereocenters. The van der Waals surface area contributed by atoms with Crippen molar-refractivity contribution in [2.75, 3.05) is 24.0 Å². The van der Waals surface area contributed by atoms with Gasteiger partial charge in [-0.05, 0) is 0 Å². The van der Waals surface area contributed by atoms with E-state index in [1.165, 1.54) is 0 Å². The molecule has 0 rings (SSSR count). The molecule has 0 spiro atoms. The summed E-state index contributed by atoms with van der Waals surface area (Å²) < 4.78 is 27.1. The van der Waals surface area contributed by atoms with Crippen molar-refractivity contribution in [3.8, 4) is 0 Å². The summed E-state index contributed by atoms with van der Waals surface area (Å²) in [4.78, 5) is 21.5. The van der Waals surface area contributed by atoms with Crippen LogP contribution >= 0.6 is 11.6 Å². The van der Waals surface area contributed by atoms with E-state index in [1.807, 2.05) is 0 Å². The highest BCUT2D eigenvalue weighted by Gasteiger charge is 2.14. The molecule has 0 fully saturated rings. The molecule has 0 aromatic carbocycles. The monoisotopic (exact) mass is 298 g/mol. The Hall–Kier alpha value is -1.08. The number of aliphatic carboxylic acids is 1. The molecule has 8 heteroatoms. The van der Waals surface area contributed by atoms with Gasteiger partial charge in [-0.1, -0.05) is 6.58 Å². The average Bonchev–Trinajstić information content (AvgIpc) is 2.26. The number of hydrogen-bond donors (Lipinski definition) is 1. The maximum Gasteiger partial charge on any atom is 0.331 e. The largest absolute Gasteiger partial charge is 0.478 e. The van der Waals surface area contributed by atoms with Crippen molar-refractivity contribution in [3.63, 3.8) is 0 Å². The fourth-order valence-electron chi connectivity index (χ4n) is 0.926. The van der Waals surface area contributed by atoms with Crippen LogP contribution in [0.1, 0.15) is 12.8 Å².